The highest BCUT2D eigenvalue weighted by atomic mass is 35.5. The van der Waals surface area contributed by atoms with E-state index in [-0.39, 0.29) is 12.2 Å². The Labute approximate surface area is 137 Å². The Kier molecular flexibility index (Phi) is 5.26. The molecule has 0 saturated heterocycles. The van der Waals surface area contributed by atoms with E-state index in [1.54, 1.807) is 24.3 Å². The summed E-state index contributed by atoms with van der Waals surface area (Å²) in [5.74, 6) is -0.878. The van der Waals surface area contributed by atoms with E-state index in [0.29, 0.717) is 15.6 Å². The van der Waals surface area contributed by atoms with Crippen LogP contribution >= 0.6 is 23.2 Å². The second-order valence-electron chi connectivity index (χ2n) is 4.57. The fraction of sp³-hybridized carbons (Fsp3) is 0.125. The fourth-order valence-corrected chi connectivity index (χ4v) is 2.35. The third-order valence-electron chi connectivity index (χ3n) is 2.86. The highest BCUT2D eigenvalue weighted by molar-refractivity contribution is 6.31. The zero-order chi connectivity index (χ0) is 16.1. The van der Waals surface area contributed by atoms with E-state index in [9.17, 15) is 9.90 Å². The van der Waals surface area contributed by atoms with Crippen LogP contribution in [-0.2, 0) is 11.2 Å². The van der Waals surface area contributed by atoms with E-state index < -0.39 is 12.1 Å². The van der Waals surface area contributed by atoms with E-state index in [2.05, 4.69) is 0 Å². The van der Waals surface area contributed by atoms with Crippen molar-refractivity contribution >= 4 is 29.2 Å². The molecule has 2 aromatic rings. The van der Waals surface area contributed by atoms with Crippen LogP contribution in [0.2, 0.25) is 10.0 Å². The minimum Gasteiger partial charge on any atom is -0.478 e. The van der Waals surface area contributed by atoms with Crippen molar-refractivity contribution in [3.8, 4) is 11.8 Å². The molecule has 0 amide bonds. The first-order valence-electron chi connectivity index (χ1n) is 6.32. The molecule has 2 rings (SSSR count). The molecule has 2 aromatic carbocycles. The first kappa shape index (κ1) is 16.2. The number of rotatable bonds is 5. The van der Waals surface area contributed by atoms with Crippen molar-refractivity contribution in [3.63, 3.8) is 0 Å². The van der Waals surface area contributed by atoms with Crippen LogP contribution in [0, 0.1) is 11.3 Å². The highest BCUT2D eigenvalue weighted by Gasteiger charge is 2.20. The van der Waals surface area contributed by atoms with E-state index in [0.717, 1.165) is 5.56 Å². The fourth-order valence-electron chi connectivity index (χ4n) is 1.92. The molecule has 0 spiro atoms. The number of ether oxygens (including phenoxy) is 1. The van der Waals surface area contributed by atoms with Crippen molar-refractivity contribution in [2.24, 2.45) is 0 Å². The maximum atomic E-state index is 11.4. The van der Waals surface area contributed by atoms with Crippen LogP contribution in [0.1, 0.15) is 11.1 Å². The molecule has 22 heavy (non-hydrogen) atoms. The Balaban J connectivity index is 2.21. The standard InChI is InChI=1S/C16H11Cl2NO3/c17-12-3-1-2-10(4-12)7-15(16(20)21)22-14-6-11(9-19)5-13(18)8-14/h1-6,8,15H,7H2,(H,20,21)/t15-/m1/s1. The molecule has 0 fully saturated rings. The Morgan fingerprint density at radius 1 is 1.23 bits per heavy atom. The molecule has 0 aliphatic carbocycles. The molecule has 0 aliphatic heterocycles. The number of carboxylic acids is 1. The van der Waals surface area contributed by atoms with Gasteiger partial charge in [-0.15, -0.1) is 0 Å². The molecular formula is C16H11Cl2NO3. The molecule has 0 unspecified atom stereocenters. The molecule has 0 bridgehead atoms. The Morgan fingerprint density at radius 3 is 2.64 bits per heavy atom. The molecule has 0 radical (unpaired) electrons. The number of aliphatic carboxylic acids is 1. The minimum absolute atomic E-state index is 0.143. The molecule has 0 aromatic heterocycles. The SMILES string of the molecule is N#Cc1cc(Cl)cc(O[C@H](Cc2cccc(Cl)c2)C(=O)O)c1. The summed E-state index contributed by atoms with van der Waals surface area (Å²) in [5.41, 5.74) is 1.04. The summed E-state index contributed by atoms with van der Waals surface area (Å²) >= 11 is 11.8. The smallest absolute Gasteiger partial charge is 0.345 e. The number of carboxylic acid groups (broad SMARTS) is 1. The van der Waals surface area contributed by atoms with Crippen molar-refractivity contribution < 1.29 is 14.6 Å². The number of nitrogens with zero attached hydrogens (tertiary/aromatic N) is 1. The number of hydrogen-bond acceptors (Lipinski definition) is 3. The zero-order valence-electron chi connectivity index (χ0n) is 11.3. The molecule has 0 heterocycles. The van der Waals surface area contributed by atoms with Gasteiger partial charge in [0.1, 0.15) is 5.75 Å². The Hall–Kier alpha value is -2.22. The third kappa shape index (κ3) is 4.39. The van der Waals surface area contributed by atoms with Crippen molar-refractivity contribution in [1.82, 2.24) is 0 Å². The minimum atomic E-state index is -1.11. The summed E-state index contributed by atoms with van der Waals surface area (Å²) in [6, 6.07) is 13.2. The van der Waals surface area contributed by atoms with E-state index in [1.165, 1.54) is 18.2 Å². The molecule has 0 saturated carbocycles. The molecule has 112 valence electrons. The van der Waals surface area contributed by atoms with Gasteiger partial charge in [0.05, 0.1) is 11.6 Å². The Morgan fingerprint density at radius 2 is 2.00 bits per heavy atom. The average molecular weight is 336 g/mol. The van der Waals surface area contributed by atoms with Gasteiger partial charge in [-0.3, -0.25) is 0 Å². The lowest BCUT2D eigenvalue weighted by molar-refractivity contribution is -0.145. The summed E-state index contributed by atoms with van der Waals surface area (Å²) in [7, 11) is 0. The number of nitriles is 1. The van der Waals surface area contributed by atoms with Gasteiger partial charge in [-0.1, -0.05) is 35.3 Å². The molecule has 0 aliphatic rings. The predicted octanol–water partition coefficient (Wildman–Crippen LogP) is 3.94. The van der Waals surface area contributed by atoms with Crippen LogP contribution in [0.3, 0.4) is 0 Å². The largest absolute Gasteiger partial charge is 0.478 e. The maximum absolute atomic E-state index is 11.4. The van der Waals surface area contributed by atoms with Gasteiger partial charge in [-0.05, 0) is 35.9 Å². The van der Waals surface area contributed by atoms with Crippen molar-refractivity contribution in [2.45, 2.75) is 12.5 Å². The molecule has 6 heteroatoms. The number of halogens is 2. The zero-order valence-corrected chi connectivity index (χ0v) is 12.8. The van der Waals surface area contributed by atoms with Crippen LogP contribution in [0.4, 0.5) is 0 Å². The number of carbonyl (C=O) groups is 1. The summed E-state index contributed by atoms with van der Waals surface area (Å²) in [6.45, 7) is 0. The summed E-state index contributed by atoms with van der Waals surface area (Å²) in [4.78, 5) is 11.4. The van der Waals surface area contributed by atoms with Crippen molar-refractivity contribution in [1.29, 1.82) is 5.26 Å². The average Bonchev–Trinajstić information content (AvgIpc) is 2.46. The first-order valence-corrected chi connectivity index (χ1v) is 7.08. The lowest BCUT2D eigenvalue weighted by Gasteiger charge is -2.16. The second kappa shape index (κ2) is 7.17. The highest BCUT2D eigenvalue weighted by Crippen LogP contribution is 2.23. The molecule has 1 atom stereocenters. The van der Waals surface area contributed by atoms with Gasteiger partial charge in [0.25, 0.3) is 0 Å². The lowest BCUT2D eigenvalue weighted by atomic mass is 10.1. The van der Waals surface area contributed by atoms with Gasteiger partial charge in [0, 0.05) is 16.5 Å². The van der Waals surface area contributed by atoms with Crippen molar-refractivity contribution in [3.05, 3.63) is 63.6 Å². The number of benzene rings is 2. The first-order chi connectivity index (χ1) is 10.5. The summed E-state index contributed by atoms with van der Waals surface area (Å²) in [6.07, 6.45) is -0.965. The van der Waals surface area contributed by atoms with Crippen LogP contribution < -0.4 is 4.74 Å². The summed E-state index contributed by atoms with van der Waals surface area (Å²) in [5, 5.41) is 19.0. The van der Waals surface area contributed by atoms with Crippen LogP contribution in [-0.4, -0.2) is 17.2 Å². The monoisotopic (exact) mass is 335 g/mol. The van der Waals surface area contributed by atoms with Crippen LogP contribution in [0.5, 0.6) is 5.75 Å². The molecule has 1 N–H and O–H groups in total. The van der Waals surface area contributed by atoms with Gasteiger partial charge in [0.2, 0.25) is 0 Å². The molecule has 4 nitrogen and oxygen atoms in total. The lowest BCUT2D eigenvalue weighted by Crippen LogP contribution is -2.29. The maximum Gasteiger partial charge on any atom is 0.345 e. The predicted molar refractivity (Wildman–Crippen MR) is 83.4 cm³/mol. The van der Waals surface area contributed by atoms with Gasteiger partial charge >= 0.3 is 5.97 Å². The topological polar surface area (TPSA) is 70.3 Å². The van der Waals surface area contributed by atoms with Gasteiger partial charge in [0.15, 0.2) is 6.10 Å². The van der Waals surface area contributed by atoms with E-state index in [4.69, 9.17) is 33.2 Å². The van der Waals surface area contributed by atoms with Gasteiger partial charge in [-0.25, -0.2) is 4.79 Å². The van der Waals surface area contributed by atoms with Crippen LogP contribution in [0.15, 0.2) is 42.5 Å². The van der Waals surface area contributed by atoms with E-state index in [1.807, 2.05) is 6.07 Å². The normalized spacial score (nSPS) is 11.5. The van der Waals surface area contributed by atoms with Crippen LogP contribution in [0.25, 0.3) is 0 Å². The quantitative estimate of drug-likeness (QED) is 0.898. The van der Waals surface area contributed by atoms with Gasteiger partial charge in [-0.2, -0.15) is 5.26 Å². The Bertz CT molecular complexity index is 740. The third-order valence-corrected chi connectivity index (χ3v) is 3.32. The van der Waals surface area contributed by atoms with E-state index >= 15 is 0 Å². The number of hydrogen-bond donors (Lipinski definition) is 1. The summed E-state index contributed by atoms with van der Waals surface area (Å²) < 4.78 is 5.46. The molecular weight excluding hydrogens is 325 g/mol. The second-order valence-corrected chi connectivity index (χ2v) is 5.44. The van der Waals surface area contributed by atoms with Crippen molar-refractivity contribution in [2.75, 3.05) is 0 Å². The van der Waals surface area contributed by atoms with Gasteiger partial charge < -0.3 is 9.84 Å².